The molecule has 0 amide bonds. The standard InChI is InChI=1S/C14H15BrN2/c1-13(2,8-16)10-5-11(7-12(15)6-10)14(3,4)9-17/h5-7H,1-4H3. The van der Waals surface area contributed by atoms with Crippen LogP contribution in [0.1, 0.15) is 38.8 Å². The molecule has 0 bridgehead atoms. The number of hydrogen-bond donors (Lipinski definition) is 0. The summed E-state index contributed by atoms with van der Waals surface area (Å²) < 4.78 is 0.900. The Kier molecular flexibility index (Phi) is 3.65. The quantitative estimate of drug-likeness (QED) is 0.825. The lowest BCUT2D eigenvalue weighted by atomic mass is 9.80. The minimum absolute atomic E-state index is 0.552. The molecule has 1 rings (SSSR count). The molecule has 0 N–H and O–H groups in total. The zero-order valence-corrected chi connectivity index (χ0v) is 12.1. The van der Waals surface area contributed by atoms with Crippen molar-refractivity contribution in [2.24, 2.45) is 0 Å². The Hall–Kier alpha value is -1.32. The van der Waals surface area contributed by atoms with Crippen LogP contribution in [0, 0.1) is 22.7 Å². The fourth-order valence-corrected chi connectivity index (χ4v) is 1.93. The van der Waals surface area contributed by atoms with Crippen LogP contribution in [0.15, 0.2) is 22.7 Å². The zero-order valence-electron chi connectivity index (χ0n) is 10.5. The van der Waals surface area contributed by atoms with Gasteiger partial charge in [0, 0.05) is 4.47 Å². The van der Waals surface area contributed by atoms with Crippen LogP contribution in [0.5, 0.6) is 0 Å². The molecule has 88 valence electrons. The predicted octanol–water partition coefficient (Wildman–Crippen LogP) is 4.05. The Morgan fingerprint density at radius 2 is 1.24 bits per heavy atom. The number of halogens is 1. The van der Waals surface area contributed by atoms with Crippen LogP contribution < -0.4 is 0 Å². The lowest BCUT2D eigenvalue weighted by molar-refractivity contribution is 0.660. The Bertz CT molecular complexity index is 472. The number of nitrogens with zero attached hydrogens (tertiary/aromatic N) is 2. The first-order valence-electron chi connectivity index (χ1n) is 5.37. The van der Waals surface area contributed by atoms with E-state index in [0.717, 1.165) is 15.6 Å². The minimum atomic E-state index is -0.552. The van der Waals surface area contributed by atoms with Crippen LogP contribution in [-0.4, -0.2) is 0 Å². The maximum atomic E-state index is 9.16. The molecule has 1 aromatic carbocycles. The van der Waals surface area contributed by atoms with Crippen molar-refractivity contribution in [3.05, 3.63) is 33.8 Å². The molecule has 0 spiro atoms. The lowest BCUT2D eigenvalue weighted by Gasteiger charge is -2.22. The molecule has 0 saturated heterocycles. The summed E-state index contributed by atoms with van der Waals surface area (Å²) in [6.45, 7) is 7.49. The summed E-state index contributed by atoms with van der Waals surface area (Å²) in [7, 11) is 0. The largest absolute Gasteiger partial charge is 0.197 e. The lowest BCUT2D eigenvalue weighted by Crippen LogP contribution is -2.18. The molecule has 0 aliphatic rings. The molecular formula is C14H15BrN2. The van der Waals surface area contributed by atoms with E-state index in [4.69, 9.17) is 10.5 Å². The van der Waals surface area contributed by atoms with Gasteiger partial charge in [-0.1, -0.05) is 22.0 Å². The summed E-state index contributed by atoms with van der Waals surface area (Å²) in [6.07, 6.45) is 0. The fourth-order valence-electron chi connectivity index (χ4n) is 1.44. The highest BCUT2D eigenvalue weighted by molar-refractivity contribution is 9.10. The second kappa shape index (κ2) is 4.51. The maximum absolute atomic E-state index is 9.16. The Morgan fingerprint density at radius 3 is 1.53 bits per heavy atom. The van der Waals surface area contributed by atoms with Crippen molar-refractivity contribution in [1.82, 2.24) is 0 Å². The maximum Gasteiger partial charge on any atom is 0.0766 e. The molecule has 0 saturated carbocycles. The van der Waals surface area contributed by atoms with E-state index in [1.807, 2.05) is 45.9 Å². The topological polar surface area (TPSA) is 47.6 Å². The SMILES string of the molecule is CC(C)(C#N)c1cc(Br)cc(C(C)(C)C#N)c1. The molecule has 0 fully saturated rings. The van der Waals surface area contributed by atoms with Crippen molar-refractivity contribution < 1.29 is 0 Å². The molecule has 3 heteroatoms. The van der Waals surface area contributed by atoms with Gasteiger partial charge in [0.25, 0.3) is 0 Å². The molecular weight excluding hydrogens is 276 g/mol. The molecule has 0 heterocycles. The highest BCUT2D eigenvalue weighted by Crippen LogP contribution is 2.31. The van der Waals surface area contributed by atoms with Gasteiger partial charge >= 0.3 is 0 Å². The van der Waals surface area contributed by atoms with Gasteiger partial charge in [0.15, 0.2) is 0 Å². The van der Waals surface area contributed by atoms with E-state index in [1.54, 1.807) is 0 Å². The van der Waals surface area contributed by atoms with E-state index in [-0.39, 0.29) is 0 Å². The van der Waals surface area contributed by atoms with Crippen molar-refractivity contribution >= 4 is 15.9 Å². The first kappa shape index (κ1) is 13.7. The Morgan fingerprint density at radius 1 is 0.882 bits per heavy atom. The smallest absolute Gasteiger partial charge is 0.0766 e. The predicted molar refractivity (Wildman–Crippen MR) is 71.4 cm³/mol. The van der Waals surface area contributed by atoms with Gasteiger partial charge in [0.1, 0.15) is 0 Å². The zero-order chi connectivity index (χ0) is 13.3. The number of benzene rings is 1. The van der Waals surface area contributed by atoms with Crippen molar-refractivity contribution in [3.8, 4) is 12.1 Å². The molecule has 0 aliphatic heterocycles. The van der Waals surface area contributed by atoms with Crippen LogP contribution in [0.3, 0.4) is 0 Å². The van der Waals surface area contributed by atoms with Crippen molar-refractivity contribution in [2.75, 3.05) is 0 Å². The van der Waals surface area contributed by atoms with Gasteiger partial charge in [0.2, 0.25) is 0 Å². The van der Waals surface area contributed by atoms with E-state index in [9.17, 15) is 0 Å². The number of rotatable bonds is 2. The van der Waals surface area contributed by atoms with Crippen molar-refractivity contribution in [3.63, 3.8) is 0 Å². The van der Waals surface area contributed by atoms with Crippen LogP contribution in [0.4, 0.5) is 0 Å². The van der Waals surface area contributed by atoms with Gasteiger partial charge in [-0.3, -0.25) is 0 Å². The average molecular weight is 291 g/mol. The highest BCUT2D eigenvalue weighted by atomic mass is 79.9. The summed E-state index contributed by atoms with van der Waals surface area (Å²) >= 11 is 3.44. The van der Waals surface area contributed by atoms with E-state index in [0.29, 0.717) is 0 Å². The first-order chi connectivity index (χ1) is 7.73. The van der Waals surface area contributed by atoms with E-state index in [1.165, 1.54) is 0 Å². The summed E-state index contributed by atoms with van der Waals surface area (Å²) in [5.74, 6) is 0. The molecule has 0 aromatic heterocycles. The first-order valence-corrected chi connectivity index (χ1v) is 6.16. The van der Waals surface area contributed by atoms with Gasteiger partial charge in [0.05, 0.1) is 23.0 Å². The molecule has 0 radical (unpaired) electrons. The molecule has 0 unspecified atom stereocenters. The Balaban J connectivity index is 3.42. The second-order valence-electron chi connectivity index (χ2n) is 5.20. The molecule has 2 nitrogen and oxygen atoms in total. The fraction of sp³-hybridized carbons (Fsp3) is 0.429. The van der Waals surface area contributed by atoms with Crippen LogP contribution >= 0.6 is 15.9 Å². The third-order valence-corrected chi connectivity index (χ3v) is 3.36. The number of hydrogen-bond acceptors (Lipinski definition) is 2. The van der Waals surface area contributed by atoms with Gasteiger partial charge < -0.3 is 0 Å². The molecule has 0 aliphatic carbocycles. The molecule has 17 heavy (non-hydrogen) atoms. The van der Waals surface area contributed by atoms with E-state index in [2.05, 4.69) is 28.1 Å². The van der Waals surface area contributed by atoms with Crippen molar-refractivity contribution in [1.29, 1.82) is 10.5 Å². The minimum Gasteiger partial charge on any atom is -0.197 e. The Labute approximate surface area is 111 Å². The third kappa shape index (κ3) is 2.87. The molecule has 1 aromatic rings. The monoisotopic (exact) mass is 290 g/mol. The van der Waals surface area contributed by atoms with Gasteiger partial charge in [-0.05, 0) is 51.0 Å². The molecule has 0 atom stereocenters. The normalized spacial score (nSPS) is 11.7. The van der Waals surface area contributed by atoms with E-state index >= 15 is 0 Å². The van der Waals surface area contributed by atoms with E-state index < -0.39 is 10.8 Å². The van der Waals surface area contributed by atoms with Gasteiger partial charge in [-0.15, -0.1) is 0 Å². The van der Waals surface area contributed by atoms with Gasteiger partial charge in [-0.2, -0.15) is 10.5 Å². The van der Waals surface area contributed by atoms with Gasteiger partial charge in [-0.25, -0.2) is 0 Å². The summed E-state index contributed by atoms with van der Waals surface area (Å²) in [5.41, 5.74) is 0.745. The van der Waals surface area contributed by atoms with Crippen LogP contribution in [0.2, 0.25) is 0 Å². The average Bonchev–Trinajstić information content (AvgIpc) is 2.28. The summed E-state index contributed by atoms with van der Waals surface area (Å²) in [6, 6.07) is 10.4. The van der Waals surface area contributed by atoms with Crippen molar-refractivity contribution in [2.45, 2.75) is 38.5 Å². The second-order valence-corrected chi connectivity index (χ2v) is 6.12. The summed E-state index contributed by atoms with van der Waals surface area (Å²) in [4.78, 5) is 0. The van der Waals surface area contributed by atoms with Crippen LogP contribution in [0.25, 0.3) is 0 Å². The van der Waals surface area contributed by atoms with Crippen LogP contribution in [-0.2, 0) is 10.8 Å². The summed E-state index contributed by atoms with van der Waals surface area (Å²) in [5, 5.41) is 18.3. The highest BCUT2D eigenvalue weighted by Gasteiger charge is 2.25. The number of nitriles is 2. The third-order valence-electron chi connectivity index (χ3n) is 2.90.